The van der Waals surface area contributed by atoms with Gasteiger partial charge in [0, 0.05) is 67.4 Å². The van der Waals surface area contributed by atoms with Crippen molar-refractivity contribution < 1.29 is 48.6 Å². The van der Waals surface area contributed by atoms with Crippen LogP contribution in [0.2, 0.25) is 0 Å². The zero-order valence-corrected chi connectivity index (χ0v) is 38.3. The molecular weight excluding hydrogens is 821 g/mol. The largest absolute Gasteiger partial charge is 0.480 e. The molecule has 0 aliphatic carbocycles. The molecule has 18 nitrogen and oxygen atoms in total. The van der Waals surface area contributed by atoms with E-state index in [0.29, 0.717) is 0 Å². The van der Waals surface area contributed by atoms with Crippen LogP contribution in [0.4, 0.5) is 0 Å². The molecule has 1 fully saturated rings. The van der Waals surface area contributed by atoms with E-state index in [1.165, 1.54) is 11.8 Å². The molecule has 0 bridgehead atoms. The summed E-state index contributed by atoms with van der Waals surface area (Å²) in [6.07, 6.45) is 2.75. The maximum absolute atomic E-state index is 14.4. The fourth-order valence-electron chi connectivity index (χ4n) is 7.48. The van der Waals surface area contributed by atoms with Crippen molar-refractivity contribution in [3.05, 3.63) is 47.7 Å². The number of hydrogen-bond donors (Lipinski definition) is 7. The molecule has 1 aromatic heterocycles. The molecule has 1 aliphatic heterocycles. The molecular formula is C43H64N8O10S. The van der Waals surface area contributed by atoms with Crippen LogP contribution in [0.15, 0.2) is 42.1 Å². The van der Waals surface area contributed by atoms with Crippen LogP contribution in [0.3, 0.4) is 0 Å². The first kappa shape index (κ1) is 51.1. The predicted octanol–water partition coefficient (Wildman–Crippen LogP) is 1.35. The van der Waals surface area contributed by atoms with Gasteiger partial charge in [-0.2, -0.15) is 0 Å². The third-order valence-corrected chi connectivity index (χ3v) is 12.5. The van der Waals surface area contributed by atoms with Crippen LogP contribution < -0.4 is 27.0 Å². The SMILES string of the molecule is CN[C@H](C(=O)NC(C(=O)N(C)[C@H](/C=C(\C)C(=O)N[C@@H](CC(=O)NCCN1C(=O)CC(SC[C@H](N)C(=O)O)C1=O)C(=O)O)C(C)C)C(C)(C)C)C(C)(C)c1cn(C)c2ccccc12. The van der Waals surface area contributed by atoms with E-state index in [-0.39, 0.29) is 42.7 Å². The van der Waals surface area contributed by atoms with Crippen LogP contribution in [-0.2, 0) is 50.8 Å². The lowest BCUT2D eigenvalue weighted by molar-refractivity contribution is -0.143. The van der Waals surface area contributed by atoms with Crippen LogP contribution in [0.25, 0.3) is 10.9 Å². The number of fused-ring (bicyclic) bond motifs is 1. The predicted molar refractivity (Wildman–Crippen MR) is 236 cm³/mol. The third-order valence-electron chi connectivity index (χ3n) is 11.2. The number of likely N-dealkylation sites (N-methyl/N-ethyl adjacent to an activating group) is 2. The number of aromatic nitrogens is 1. The van der Waals surface area contributed by atoms with E-state index in [4.69, 9.17) is 10.8 Å². The minimum absolute atomic E-state index is 0.0741. The lowest BCUT2D eigenvalue weighted by Gasteiger charge is -2.39. The Kier molecular flexibility index (Phi) is 17.5. The van der Waals surface area contributed by atoms with E-state index in [0.717, 1.165) is 33.1 Å². The number of carbonyl (C=O) groups excluding carboxylic acids is 6. The van der Waals surface area contributed by atoms with E-state index >= 15 is 0 Å². The molecule has 6 atom stereocenters. The van der Waals surface area contributed by atoms with Gasteiger partial charge in [0.25, 0.3) is 0 Å². The van der Waals surface area contributed by atoms with Gasteiger partial charge in [0.05, 0.1) is 23.8 Å². The number of nitrogens with zero attached hydrogens (tertiary/aromatic N) is 3. The number of hydrogen-bond acceptors (Lipinski definition) is 11. The number of carboxylic acid groups (broad SMARTS) is 2. The first-order valence-corrected chi connectivity index (χ1v) is 21.5. The zero-order valence-electron chi connectivity index (χ0n) is 37.5. The Morgan fingerprint density at radius 2 is 1.63 bits per heavy atom. The molecule has 2 aromatic rings. The van der Waals surface area contributed by atoms with Gasteiger partial charge in [-0.15, -0.1) is 11.8 Å². The summed E-state index contributed by atoms with van der Waals surface area (Å²) in [6.45, 7) is 14.3. The minimum atomic E-state index is -1.64. The summed E-state index contributed by atoms with van der Waals surface area (Å²) in [7, 11) is 5.24. The summed E-state index contributed by atoms with van der Waals surface area (Å²) < 4.78 is 2.02. The van der Waals surface area contributed by atoms with Gasteiger partial charge in [0.2, 0.25) is 35.4 Å². The van der Waals surface area contributed by atoms with Gasteiger partial charge >= 0.3 is 11.9 Å². The minimum Gasteiger partial charge on any atom is -0.480 e. The molecule has 62 heavy (non-hydrogen) atoms. The number of aryl methyl sites for hydroxylation is 1. The highest BCUT2D eigenvalue weighted by atomic mass is 32.2. The zero-order chi connectivity index (χ0) is 47.0. The van der Waals surface area contributed by atoms with Crippen LogP contribution in [0.5, 0.6) is 0 Å². The number of carboxylic acids is 2. The van der Waals surface area contributed by atoms with Gasteiger partial charge in [0.1, 0.15) is 18.1 Å². The number of carbonyl (C=O) groups is 8. The molecule has 0 radical (unpaired) electrons. The molecule has 1 aliphatic rings. The molecule has 8 N–H and O–H groups in total. The van der Waals surface area contributed by atoms with Gasteiger partial charge in [-0.1, -0.05) is 72.7 Å². The number of aliphatic carboxylic acids is 2. The Hall–Kier alpha value is -5.27. The highest BCUT2D eigenvalue weighted by Gasteiger charge is 2.43. The summed E-state index contributed by atoms with van der Waals surface area (Å²) >= 11 is 0.957. The highest BCUT2D eigenvalue weighted by molar-refractivity contribution is 8.00. The van der Waals surface area contributed by atoms with Gasteiger partial charge in [-0.05, 0) is 36.9 Å². The molecule has 0 saturated carbocycles. The van der Waals surface area contributed by atoms with Gasteiger partial charge in [-0.3, -0.25) is 38.5 Å². The summed E-state index contributed by atoms with van der Waals surface area (Å²) in [5.74, 6) is -6.40. The number of thioether (sulfide) groups is 1. The Morgan fingerprint density at radius 1 is 1.00 bits per heavy atom. The normalized spacial score (nSPS) is 17.3. The molecule has 2 unspecified atom stereocenters. The number of likely N-dealkylation sites (tertiary alicyclic amines) is 1. The summed E-state index contributed by atoms with van der Waals surface area (Å²) in [4.78, 5) is 105. The number of para-hydroxylation sites is 1. The number of benzene rings is 1. The molecule has 1 saturated heterocycles. The third kappa shape index (κ3) is 12.4. The molecule has 6 amide bonds. The summed E-state index contributed by atoms with van der Waals surface area (Å²) in [5.41, 5.74) is 6.11. The molecule has 2 heterocycles. The Bertz CT molecular complexity index is 2060. The van der Waals surface area contributed by atoms with Crippen molar-refractivity contribution in [1.82, 2.24) is 35.6 Å². The molecule has 19 heteroatoms. The summed E-state index contributed by atoms with van der Waals surface area (Å²) in [6, 6.07) is 2.71. The monoisotopic (exact) mass is 884 g/mol. The van der Waals surface area contributed by atoms with Crippen molar-refractivity contribution in [1.29, 1.82) is 0 Å². The summed E-state index contributed by atoms with van der Waals surface area (Å²) in [5, 5.41) is 30.1. The van der Waals surface area contributed by atoms with E-state index < -0.39 is 94.2 Å². The number of nitrogens with two attached hydrogens (primary N) is 1. The van der Waals surface area contributed by atoms with Crippen molar-refractivity contribution in [2.24, 2.45) is 24.1 Å². The Morgan fingerprint density at radius 3 is 2.19 bits per heavy atom. The van der Waals surface area contributed by atoms with Crippen molar-refractivity contribution in [3.8, 4) is 0 Å². The fraction of sp³-hybridized carbons (Fsp3) is 0.581. The molecule has 3 rings (SSSR count). The van der Waals surface area contributed by atoms with Gasteiger partial charge in [0.15, 0.2) is 0 Å². The maximum atomic E-state index is 14.4. The molecule has 1 aromatic carbocycles. The average molecular weight is 885 g/mol. The number of imide groups is 1. The standard InChI is InChI=1S/C43H64N8O10S/c1-23(2)30(50(11)39(57)35(42(4,5)6)48-37(55)34(45-9)43(7,8)26-21-49(10)29-15-13-12-14-25(26)29)18-24(3)36(54)47-28(41(60)61)19-32(52)46-16-17-51-33(53)20-31(38(51)56)62-22-27(44)40(58)59/h12-15,18,21,23,27-28,30-31,34-35,45H,16-17,19-20,22,44H2,1-11H3,(H,46,52)(H,47,54)(H,48,55)(H,58,59)(H,60,61)/b24-18+/t27-,28-,30+,31?,34+,35?/m0/s1. The first-order chi connectivity index (χ1) is 28.7. The van der Waals surface area contributed by atoms with Crippen molar-refractivity contribution in [2.75, 3.05) is 32.9 Å². The Labute approximate surface area is 367 Å². The number of amides is 6. The second-order valence-corrected chi connectivity index (χ2v) is 19.0. The molecule has 342 valence electrons. The van der Waals surface area contributed by atoms with Crippen LogP contribution in [-0.4, -0.2) is 140 Å². The van der Waals surface area contributed by atoms with E-state index in [2.05, 4.69) is 21.3 Å². The van der Waals surface area contributed by atoms with Crippen molar-refractivity contribution in [2.45, 2.75) is 109 Å². The second kappa shape index (κ2) is 21.2. The highest BCUT2D eigenvalue weighted by Crippen LogP contribution is 2.35. The van der Waals surface area contributed by atoms with Crippen molar-refractivity contribution >= 4 is 70.0 Å². The lowest BCUT2D eigenvalue weighted by Crippen LogP contribution is -2.61. The van der Waals surface area contributed by atoms with E-state index in [1.807, 2.05) is 90.5 Å². The van der Waals surface area contributed by atoms with Crippen LogP contribution in [0, 0.1) is 11.3 Å². The van der Waals surface area contributed by atoms with Gasteiger partial charge in [-0.25, -0.2) is 4.79 Å². The van der Waals surface area contributed by atoms with Gasteiger partial charge < -0.3 is 46.7 Å². The first-order valence-electron chi connectivity index (χ1n) is 20.5. The molecule has 0 spiro atoms. The smallest absolute Gasteiger partial charge is 0.326 e. The van der Waals surface area contributed by atoms with E-state index in [9.17, 15) is 43.5 Å². The number of nitrogens with one attached hydrogen (secondary N) is 4. The maximum Gasteiger partial charge on any atom is 0.326 e. The van der Waals surface area contributed by atoms with E-state index in [1.54, 1.807) is 20.2 Å². The lowest BCUT2D eigenvalue weighted by atomic mass is 9.76. The Balaban J connectivity index is 1.69. The van der Waals surface area contributed by atoms with Crippen LogP contribution >= 0.6 is 11.8 Å². The topological polar surface area (TPSA) is 263 Å². The second-order valence-electron chi connectivity index (χ2n) is 17.7. The number of rotatable bonds is 21. The fourth-order valence-corrected chi connectivity index (χ4v) is 8.60. The average Bonchev–Trinajstić information content (AvgIpc) is 3.67. The van der Waals surface area contributed by atoms with Crippen molar-refractivity contribution in [3.63, 3.8) is 0 Å². The van der Waals surface area contributed by atoms with Crippen LogP contribution in [0.1, 0.15) is 73.8 Å². The quantitative estimate of drug-likeness (QED) is 0.0691.